The number of nitrogens with one attached hydrogen (secondary N) is 1. The Hall–Kier alpha value is -2.33. The first-order valence-corrected chi connectivity index (χ1v) is 11.4. The lowest BCUT2D eigenvalue weighted by atomic mass is 9.95. The molecule has 0 bridgehead atoms. The van der Waals surface area contributed by atoms with Gasteiger partial charge in [0.15, 0.2) is 0 Å². The van der Waals surface area contributed by atoms with Crippen LogP contribution in [0.4, 0.5) is 0 Å². The van der Waals surface area contributed by atoms with E-state index in [4.69, 9.17) is 9.47 Å². The molecule has 1 saturated carbocycles. The Kier molecular flexibility index (Phi) is 6.73. The number of benzene rings is 2. The highest BCUT2D eigenvalue weighted by atomic mass is 16.5. The molecular weight excluding hydrogens is 374 g/mol. The van der Waals surface area contributed by atoms with E-state index in [0.717, 1.165) is 25.2 Å². The highest BCUT2D eigenvalue weighted by molar-refractivity contribution is 5.69. The van der Waals surface area contributed by atoms with Gasteiger partial charge in [0, 0.05) is 24.9 Å². The molecule has 2 aromatic rings. The average molecular weight is 408 g/mol. The smallest absolute Gasteiger partial charge is 0.306 e. The first-order valence-electron chi connectivity index (χ1n) is 11.4. The summed E-state index contributed by atoms with van der Waals surface area (Å²) in [4.78, 5) is 11.5. The van der Waals surface area contributed by atoms with Gasteiger partial charge in [-0.25, -0.2) is 0 Å². The van der Waals surface area contributed by atoms with Gasteiger partial charge in [-0.3, -0.25) is 4.79 Å². The van der Waals surface area contributed by atoms with Crippen molar-refractivity contribution in [3.05, 3.63) is 64.7 Å². The van der Waals surface area contributed by atoms with Gasteiger partial charge in [0.05, 0.1) is 13.2 Å². The highest BCUT2D eigenvalue weighted by Gasteiger charge is 2.27. The molecule has 1 heterocycles. The molecule has 4 nitrogen and oxygen atoms in total. The standard InChI is InChI=1S/C26H33NO3/c1-3-29-26(28)13-6-19-4-7-20(8-5-19)22-9-11-24(17-22)27-18(2)21-10-12-25-23(16-21)14-15-30-25/h4-5,7-8,10,12,16,18,22,24,27H,3,6,9,11,13-15,17H2,1-2H3/t18?,22-,24?/m0/s1. The number of carbonyl (C=O) groups is 1. The summed E-state index contributed by atoms with van der Waals surface area (Å²) in [6.45, 7) is 5.38. The Morgan fingerprint density at radius 1 is 1.20 bits per heavy atom. The van der Waals surface area contributed by atoms with Gasteiger partial charge in [-0.1, -0.05) is 36.4 Å². The van der Waals surface area contributed by atoms with Crippen molar-refractivity contribution in [2.45, 2.75) is 70.4 Å². The Bertz CT molecular complexity index is 861. The number of ether oxygens (including phenoxy) is 2. The fourth-order valence-electron chi connectivity index (χ4n) is 4.80. The summed E-state index contributed by atoms with van der Waals surface area (Å²) in [6.07, 6.45) is 5.85. The Morgan fingerprint density at radius 2 is 2.03 bits per heavy atom. The zero-order chi connectivity index (χ0) is 20.9. The molecule has 0 aromatic heterocycles. The van der Waals surface area contributed by atoms with Gasteiger partial charge in [-0.15, -0.1) is 0 Å². The van der Waals surface area contributed by atoms with Gasteiger partial charge in [0.1, 0.15) is 5.75 Å². The van der Waals surface area contributed by atoms with Crippen LogP contribution in [-0.4, -0.2) is 25.2 Å². The predicted molar refractivity (Wildman–Crippen MR) is 119 cm³/mol. The van der Waals surface area contributed by atoms with Crippen LogP contribution in [-0.2, 0) is 22.4 Å². The van der Waals surface area contributed by atoms with E-state index in [9.17, 15) is 4.79 Å². The largest absolute Gasteiger partial charge is 0.493 e. The predicted octanol–water partition coefficient (Wildman–Crippen LogP) is 5.10. The molecule has 1 aliphatic heterocycles. The van der Waals surface area contributed by atoms with Gasteiger partial charge >= 0.3 is 5.97 Å². The molecule has 4 rings (SSSR count). The zero-order valence-corrected chi connectivity index (χ0v) is 18.2. The minimum absolute atomic E-state index is 0.115. The van der Waals surface area contributed by atoms with E-state index in [1.165, 1.54) is 41.5 Å². The molecule has 4 heteroatoms. The van der Waals surface area contributed by atoms with Crippen LogP contribution in [0.1, 0.15) is 73.7 Å². The fraction of sp³-hybridized carbons (Fsp3) is 0.500. The molecule has 0 spiro atoms. The number of fused-ring (bicyclic) bond motifs is 1. The normalized spacial score (nSPS) is 21.1. The van der Waals surface area contributed by atoms with Crippen molar-refractivity contribution >= 4 is 5.97 Å². The zero-order valence-electron chi connectivity index (χ0n) is 18.2. The lowest BCUT2D eigenvalue weighted by Gasteiger charge is -2.21. The molecule has 0 amide bonds. The van der Waals surface area contributed by atoms with Crippen molar-refractivity contribution in [2.24, 2.45) is 0 Å². The summed E-state index contributed by atoms with van der Waals surface area (Å²) in [7, 11) is 0. The second kappa shape index (κ2) is 9.65. The van der Waals surface area contributed by atoms with Crippen LogP contribution >= 0.6 is 0 Å². The van der Waals surface area contributed by atoms with Gasteiger partial charge in [0.25, 0.3) is 0 Å². The molecule has 1 aliphatic carbocycles. The van der Waals surface area contributed by atoms with E-state index in [1.54, 1.807) is 0 Å². The van der Waals surface area contributed by atoms with Crippen LogP contribution < -0.4 is 10.1 Å². The quantitative estimate of drug-likeness (QED) is 0.618. The molecule has 160 valence electrons. The van der Waals surface area contributed by atoms with Crippen LogP contribution in [0.25, 0.3) is 0 Å². The Morgan fingerprint density at radius 3 is 2.83 bits per heavy atom. The van der Waals surface area contributed by atoms with Crippen molar-refractivity contribution < 1.29 is 14.3 Å². The third-order valence-corrected chi connectivity index (χ3v) is 6.51. The van der Waals surface area contributed by atoms with Gasteiger partial charge in [-0.05, 0) is 73.8 Å². The molecule has 30 heavy (non-hydrogen) atoms. The summed E-state index contributed by atoms with van der Waals surface area (Å²) in [5.74, 6) is 1.55. The summed E-state index contributed by atoms with van der Waals surface area (Å²) in [5.41, 5.74) is 5.32. The van der Waals surface area contributed by atoms with Gasteiger partial charge in [-0.2, -0.15) is 0 Å². The van der Waals surface area contributed by atoms with Gasteiger partial charge < -0.3 is 14.8 Å². The first kappa shape index (κ1) is 20.9. The SMILES string of the molecule is CCOC(=O)CCc1ccc([C@H]2CCC(NC(C)c3ccc4c(c3)CCO4)C2)cc1. The monoisotopic (exact) mass is 407 g/mol. The van der Waals surface area contributed by atoms with E-state index in [-0.39, 0.29) is 5.97 Å². The van der Waals surface area contributed by atoms with E-state index in [0.29, 0.717) is 31.0 Å². The first-order chi connectivity index (χ1) is 14.6. The van der Waals surface area contributed by atoms with Crippen molar-refractivity contribution in [3.63, 3.8) is 0 Å². The molecule has 2 aromatic carbocycles. The molecule has 2 unspecified atom stereocenters. The molecule has 0 saturated heterocycles. The second-order valence-electron chi connectivity index (χ2n) is 8.61. The maximum atomic E-state index is 11.5. The van der Waals surface area contributed by atoms with Crippen LogP contribution in [0, 0.1) is 0 Å². The van der Waals surface area contributed by atoms with Crippen LogP contribution in [0.2, 0.25) is 0 Å². The summed E-state index contributed by atoms with van der Waals surface area (Å²) in [6, 6.07) is 16.4. The fourth-order valence-corrected chi connectivity index (χ4v) is 4.80. The lowest BCUT2D eigenvalue weighted by Crippen LogP contribution is -2.29. The Balaban J connectivity index is 1.28. The summed E-state index contributed by atoms with van der Waals surface area (Å²) < 4.78 is 10.6. The topological polar surface area (TPSA) is 47.6 Å². The van der Waals surface area contributed by atoms with E-state index < -0.39 is 0 Å². The van der Waals surface area contributed by atoms with Crippen molar-refractivity contribution in [3.8, 4) is 5.75 Å². The number of aryl methyl sites for hydroxylation is 1. The maximum Gasteiger partial charge on any atom is 0.306 e. The number of carbonyl (C=O) groups excluding carboxylic acids is 1. The van der Waals surface area contributed by atoms with Gasteiger partial charge in [0.2, 0.25) is 0 Å². The molecular formula is C26H33NO3. The van der Waals surface area contributed by atoms with E-state index in [1.807, 2.05) is 6.92 Å². The van der Waals surface area contributed by atoms with Crippen molar-refractivity contribution in [1.29, 1.82) is 0 Å². The summed E-state index contributed by atoms with van der Waals surface area (Å²) in [5, 5.41) is 3.85. The summed E-state index contributed by atoms with van der Waals surface area (Å²) >= 11 is 0. The molecule has 3 atom stereocenters. The lowest BCUT2D eigenvalue weighted by molar-refractivity contribution is -0.143. The molecule has 0 radical (unpaired) electrons. The minimum atomic E-state index is -0.115. The van der Waals surface area contributed by atoms with Crippen molar-refractivity contribution in [1.82, 2.24) is 5.32 Å². The third-order valence-electron chi connectivity index (χ3n) is 6.51. The number of esters is 1. The second-order valence-corrected chi connectivity index (χ2v) is 8.61. The number of rotatable bonds is 8. The van der Waals surface area contributed by atoms with Crippen LogP contribution in [0.3, 0.4) is 0 Å². The molecule has 1 fully saturated rings. The number of hydrogen-bond donors (Lipinski definition) is 1. The van der Waals surface area contributed by atoms with Crippen LogP contribution in [0.5, 0.6) is 5.75 Å². The van der Waals surface area contributed by atoms with E-state index >= 15 is 0 Å². The Labute approximate surface area is 180 Å². The average Bonchev–Trinajstić information content (AvgIpc) is 3.41. The highest BCUT2D eigenvalue weighted by Crippen LogP contribution is 2.36. The molecule has 1 N–H and O–H groups in total. The minimum Gasteiger partial charge on any atom is -0.493 e. The van der Waals surface area contributed by atoms with Crippen LogP contribution in [0.15, 0.2) is 42.5 Å². The van der Waals surface area contributed by atoms with E-state index in [2.05, 4.69) is 54.7 Å². The molecule has 2 aliphatic rings. The number of hydrogen-bond acceptors (Lipinski definition) is 4. The van der Waals surface area contributed by atoms with Crippen molar-refractivity contribution in [2.75, 3.05) is 13.2 Å². The maximum absolute atomic E-state index is 11.5. The third kappa shape index (κ3) is 5.04.